The molecule has 2 aromatic rings. The molecule has 6 nitrogen and oxygen atoms in total. The van der Waals surface area contributed by atoms with Gasteiger partial charge in [-0.1, -0.05) is 37.3 Å². The van der Waals surface area contributed by atoms with Gasteiger partial charge < -0.3 is 5.32 Å². The fourth-order valence-corrected chi connectivity index (χ4v) is 2.77. The van der Waals surface area contributed by atoms with E-state index in [9.17, 15) is 4.79 Å². The van der Waals surface area contributed by atoms with Crippen molar-refractivity contribution in [1.29, 1.82) is 0 Å². The second kappa shape index (κ2) is 6.17. The maximum absolute atomic E-state index is 11.7. The third kappa shape index (κ3) is 2.95. The van der Waals surface area contributed by atoms with Gasteiger partial charge in [-0.3, -0.25) is 10.1 Å². The van der Waals surface area contributed by atoms with E-state index in [2.05, 4.69) is 39.8 Å². The molecule has 0 saturated carbocycles. The van der Waals surface area contributed by atoms with Crippen LogP contribution >= 0.6 is 0 Å². The Labute approximate surface area is 129 Å². The first kappa shape index (κ1) is 14.6. The third-order valence-corrected chi connectivity index (χ3v) is 3.79. The van der Waals surface area contributed by atoms with E-state index in [0.29, 0.717) is 24.4 Å². The minimum atomic E-state index is -0.0465. The summed E-state index contributed by atoms with van der Waals surface area (Å²) < 4.78 is 1.87. The van der Waals surface area contributed by atoms with Gasteiger partial charge in [-0.2, -0.15) is 4.98 Å². The Morgan fingerprint density at radius 2 is 2.18 bits per heavy atom. The average molecular weight is 299 g/mol. The van der Waals surface area contributed by atoms with Gasteiger partial charge in [0.25, 0.3) is 5.95 Å². The van der Waals surface area contributed by atoms with Crippen LogP contribution in [-0.2, 0) is 4.79 Å². The fraction of sp³-hybridized carbons (Fsp3) is 0.438. The van der Waals surface area contributed by atoms with Crippen LogP contribution in [0.3, 0.4) is 0 Å². The second-order valence-corrected chi connectivity index (χ2v) is 5.71. The number of amides is 1. The molecule has 2 N–H and O–H groups in total. The maximum Gasteiger partial charge on any atom is 0.250 e. The lowest BCUT2D eigenvalue weighted by molar-refractivity contribution is -0.116. The predicted octanol–water partition coefficient (Wildman–Crippen LogP) is 2.81. The lowest BCUT2D eigenvalue weighted by atomic mass is 9.99. The highest BCUT2D eigenvalue weighted by Gasteiger charge is 2.28. The Balaban J connectivity index is 1.89. The SMILES string of the molecule is CCCC(=O)Nc1nc2n(n1)[C@H](c1ccccc1)C[C@@H](C)N2. The quantitative estimate of drug-likeness (QED) is 0.910. The third-order valence-electron chi connectivity index (χ3n) is 3.79. The van der Waals surface area contributed by atoms with Gasteiger partial charge in [-0.25, -0.2) is 4.68 Å². The van der Waals surface area contributed by atoms with E-state index in [1.165, 1.54) is 5.56 Å². The molecule has 1 aromatic heterocycles. The molecule has 6 heteroatoms. The highest BCUT2D eigenvalue weighted by Crippen LogP contribution is 2.31. The largest absolute Gasteiger partial charge is 0.352 e. The van der Waals surface area contributed by atoms with Crippen LogP contribution in [0.5, 0.6) is 0 Å². The lowest BCUT2D eigenvalue weighted by Gasteiger charge is -2.29. The first-order valence-corrected chi connectivity index (χ1v) is 7.75. The molecule has 2 heterocycles. The molecule has 0 saturated heterocycles. The van der Waals surface area contributed by atoms with E-state index < -0.39 is 0 Å². The molecule has 0 aliphatic carbocycles. The number of hydrogen-bond donors (Lipinski definition) is 2. The van der Waals surface area contributed by atoms with Gasteiger partial charge in [0.15, 0.2) is 0 Å². The predicted molar refractivity (Wildman–Crippen MR) is 85.8 cm³/mol. The first-order chi connectivity index (χ1) is 10.7. The molecule has 1 aromatic carbocycles. The van der Waals surface area contributed by atoms with Gasteiger partial charge in [0.2, 0.25) is 11.9 Å². The number of anilines is 2. The molecular weight excluding hydrogens is 278 g/mol. The molecule has 0 bridgehead atoms. The summed E-state index contributed by atoms with van der Waals surface area (Å²) in [4.78, 5) is 16.1. The Hall–Kier alpha value is -2.37. The van der Waals surface area contributed by atoms with E-state index in [1.807, 2.05) is 29.8 Å². The molecule has 1 amide bonds. The lowest BCUT2D eigenvalue weighted by Crippen LogP contribution is -2.31. The maximum atomic E-state index is 11.7. The molecule has 0 unspecified atom stereocenters. The Kier molecular flexibility index (Phi) is 4.09. The number of rotatable bonds is 4. The van der Waals surface area contributed by atoms with Gasteiger partial charge in [0.05, 0.1) is 6.04 Å². The van der Waals surface area contributed by atoms with Crippen molar-refractivity contribution in [2.75, 3.05) is 10.6 Å². The normalized spacial score (nSPS) is 20.1. The summed E-state index contributed by atoms with van der Waals surface area (Å²) >= 11 is 0. The van der Waals surface area contributed by atoms with E-state index in [1.54, 1.807) is 0 Å². The van der Waals surface area contributed by atoms with Gasteiger partial charge >= 0.3 is 0 Å². The van der Waals surface area contributed by atoms with E-state index >= 15 is 0 Å². The highest BCUT2D eigenvalue weighted by molar-refractivity contribution is 5.88. The van der Waals surface area contributed by atoms with Gasteiger partial charge in [-0.15, -0.1) is 5.10 Å². The summed E-state index contributed by atoms with van der Waals surface area (Å²) in [7, 11) is 0. The van der Waals surface area contributed by atoms with Crippen LogP contribution in [0.15, 0.2) is 30.3 Å². The van der Waals surface area contributed by atoms with Crippen LogP contribution in [0.25, 0.3) is 0 Å². The number of fused-ring (bicyclic) bond motifs is 1. The molecule has 2 atom stereocenters. The topological polar surface area (TPSA) is 71.8 Å². The van der Waals surface area contributed by atoms with E-state index in [-0.39, 0.29) is 11.9 Å². The highest BCUT2D eigenvalue weighted by atomic mass is 16.1. The van der Waals surface area contributed by atoms with E-state index in [0.717, 1.165) is 12.8 Å². The van der Waals surface area contributed by atoms with Crippen molar-refractivity contribution in [2.24, 2.45) is 0 Å². The zero-order valence-corrected chi connectivity index (χ0v) is 12.9. The van der Waals surface area contributed by atoms with Gasteiger partial charge in [0.1, 0.15) is 0 Å². The minimum absolute atomic E-state index is 0.0465. The van der Waals surface area contributed by atoms with Crippen molar-refractivity contribution in [3.05, 3.63) is 35.9 Å². The summed E-state index contributed by atoms with van der Waals surface area (Å²) in [5, 5.41) is 10.6. The van der Waals surface area contributed by atoms with Crippen LogP contribution in [0.1, 0.15) is 44.7 Å². The van der Waals surface area contributed by atoms with Crippen LogP contribution in [0, 0.1) is 0 Å². The molecule has 3 rings (SSSR count). The number of carbonyl (C=O) groups is 1. The summed E-state index contributed by atoms with van der Waals surface area (Å²) in [5.74, 6) is 1.03. The monoisotopic (exact) mass is 299 g/mol. The van der Waals surface area contributed by atoms with Crippen molar-refractivity contribution in [1.82, 2.24) is 14.8 Å². The van der Waals surface area contributed by atoms with E-state index in [4.69, 9.17) is 0 Å². The molecule has 0 spiro atoms. The standard InChI is InChI=1S/C16H21N5O/c1-3-7-14(22)18-15-19-16-17-11(2)10-13(21(16)20-15)12-8-5-4-6-9-12/h4-6,8-9,11,13H,3,7,10H2,1-2H3,(H2,17,18,19,20,22)/t11-,13+/m1/s1. The number of nitrogens with zero attached hydrogens (tertiary/aromatic N) is 3. The molecule has 22 heavy (non-hydrogen) atoms. The number of hydrogen-bond acceptors (Lipinski definition) is 4. The number of aromatic nitrogens is 3. The smallest absolute Gasteiger partial charge is 0.250 e. The summed E-state index contributed by atoms with van der Waals surface area (Å²) in [6.45, 7) is 4.10. The van der Waals surface area contributed by atoms with Crippen LogP contribution in [0.2, 0.25) is 0 Å². The number of benzene rings is 1. The second-order valence-electron chi connectivity index (χ2n) is 5.71. The Bertz CT molecular complexity index is 652. The van der Waals surface area contributed by atoms with Crippen LogP contribution < -0.4 is 10.6 Å². The Morgan fingerprint density at radius 3 is 2.91 bits per heavy atom. The zero-order chi connectivity index (χ0) is 15.5. The van der Waals surface area contributed by atoms with Crippen molar-refractivity contribution in [3.8, 4) is 0 Å². The van der Waals surface area contributed by atoms with Gasteiger partial charge in [-0.05, 0) is 25.3 Å². The summed E-state index contributed by atoms with van der Waals surface area (Å²) in [6.07, 6.45) is 2.22. The summed E-state index contributed by atoms with van der Waals surface area (Å²) in [6, 6.07) is 10.7. The molecule has 0 radical (unpaired) electrons. The van der Waals surface area contributed by atoms with Crippen molar-refractivity contribution >= 4 is 17.8 Å². The zero-order valence-electron chi connectivity index (χ0n) is 12.9. The molecule has 116 valence electrons. The molecule has 0 fully saturated rings. The first-order valence-electron chi connectivity index (χ1n) is 7.75. The van der Waals surface area contributed by atoms with Gasteiger partial charge in [0, 0.05) is 12.5 Å². The minimum Gasteiger partial charge on any atom is -0.352 e. The molecule has 1 aliphatic rings. The van der Waals surface area contributed by atoms with Crippen LogP contribution in [0.4, 0.5) is 11.9 Å². The fourth-order valence-electron chi connectivity index (χ4n) is 2.77. The number of carbonyl (C=O) groups excluding carboxylic acids is 1. The number of nitrogens with one attached hydrogen (secondary N) is 2. The Morgan fingerprint density at radius 1 is 1.41 bits per heavy atom. The van der Waals surface area contributed by atoms with Crippen LogP contribution in [-0.4, -0.2) is 26.7 Å². The molecule has 1 aliphatic heterocycles. The van der Waals surface area contributed by atoms with Crippen molar-refractivity contribution in [3.63, 3.8) is 0 Å². The molecular formula is C16H21N5O. The summed E-state index contributed by atoms with van der Waals surface area (Å²) in [5.41, 5.74) is 1.20. The van der Waals surface area contributed by atoms with Crippen molar-refractivity contribution < 1.29 is 4.79 Å². The average Bonchev–Trinajstić information content (AvgIpc) is 2.89. The van der Waals surface area contributed by atoms with Crippen molar-refractivity contribution in [2.45, 2.75) is 45.2 Å².